The lowest BCUT2D eigenvalue weighted by Gasteiger charge is -2.08. The van der Waals surface area contributed by atoms with Crippen molar-refractivity contribution >= 4 is 23.2 Å². The van der Waals surface area contributed by atoms with Crippen LogP contribution in [-0.4, -0.2) is 20.3 Å². The second-order valence-electron chi connectivity index (χ2n) is 4.85. The number of hydrogen-bond acceptors (Lipinski definition) is 4. The Morgan fingerprint density at radius 2 is 2.14 bits per heavy atom. The van der Waals surface area contributed by atoms with Crippen molar-refractivity contribution in [3.8, 4) is 0 Å². The Labute approximate surface area is 132 Å². The van der Waals surface area contributed by atoms with Crippen molar-refractivity contribution in [1.82, 2.24) is 14.5 Å². The third kappa shape index (κ3) is 3.20. The lowest BCUT2D eigenvalue weighted by atomic mass is 10.2. The molecule has 0 aliphatic carbocycles. The molecule has 0 saturated heterocycles. The maximum Gasteiger partial charge on any atom is 0.186 e. The van der Waals surface area contributed by atoms with Crippen molar-refractivity contribution in [2.75, 3.05) is 0 Å². The highest BCUT2D eigenvalue weighted by Gasteiger charge is 2.13. The molecule has 0 bridgehead atoms. The number of aromatic nitrogens is 3. The van der Waals surface area contributed by atoms with Gasteiger partial charge in [-0.2, -0.15) is 0 Å². The van der Waals surface area contributed by atoms with Gasteiger partial charge >= 0.3 is 0 Å². The number of ketones is 1. The molecule has 0 aliphatic rings. The van der Waals surface area contributed by atoms with Gasteiger partial charge in [0.15, 0.2) is 5.78 Å². The van der Waals surface area contributed by atoms with Gasteiger partial charge in [0.2, 0.25) is 0 Å². The lowest BCUT2D eigenvalue weighted by Crippen LogP contribution is -2.11. The molecule has 110 valence electrons. The molecule has 22 heavy (non-hydrogen) atoms. The fourth-order valence-corrected chi connectivity index (χ4v) is 3.00. The maximum absolute atomic E-state index is 12.5. The van der Waals surface area contributed by atoms with Gasteiger partial charge in [0.1, 0.15) is 5.01 Å². The van der Waals surface area contributed by atoms with Gasteiger partial charge in [0.05, 0.1) is 17.8 Å². The molecule has 0 radical (unpaired) electrons. The average Bonchev–Trinajstić information content (AvgIpc) is 3.17. The Hall–Kier alpha value is -2.53. The van der Waals surface area contributed by atoms with E-state index in [1.807, 2.05) is 40.4 Å². The Balaban J connectivity index is 1.76. The van der Waals surface area contributed by atoms with Crippen molar-refractivity contribution in [2.24, 2.45) is 0 Å². The fourth-order valence-electron chi connectivity index (χ4n) is 2.22. The Morgan fingerprint density at radius 1 is 1.32 bits per heavy atom. The zero-order valence-electron chi connectivity index (χ0n) is 12.0. The molecule has 0 spiro atoms. The smallest absolute Gasteiger partial charge is 0.186 e. The second kappa shape index (κ2) is 6.49. The number of hydrogen-bond donors (Lipinski definition) is 0. The van der Waals surface area contributed by atoms with Gasteiger partial charge in [-0.3, -0.25) is 9.78 Å². The van der Waals surface area contributed by atoms with Crippen molar-refractivity contribution in [2.45, 2.75) is 13.0 Å². The van der Waals surface area contributed by atoms with Crippen LogP contribution in [0.15, 0.2) is 54.8 Å². The molecular formula is C17H15N3OS. The van der Waals surface area contributed by atoms with E-state index in [4.69, 9.17) is 0 Å². The van der Waals surface area contributed by atoms with Crippen molar-refractivity contribution in [3.05, 3.63) is 76.8 Å². The minimum absolute atomic E-state index is 0.0732. The van der Waals surface area contributed by atoms with E-state index >= 15 is 0 Å². The molecule has 3 aromatic heterocycles. The summed E-state index contributed by atoms with van der Waals surface area (Å²) in [6, 6.07) is 7.65. The predicted molar refractivity (Wildman–Crippen MR) is 88.0 cm³/mol. The van der Waals surface area contributed by atoms with Crippen LogP contribution in [-0.2, 0) is 13.0 Å². The fraction of sp³-hybridized carbons (Fsp3) is 0.118. The molecule has 0 atom stereocenters. The maximum atomic E-state index is 12.5. The summed E-state index contributed by atoms with van der Waals surface area (Å²) in [6.07, 6.45) is 7.44. The highest BCUT2D eigenvalue weighted by molar-refractivity contribution is 7.09. The van der Waals surface area contributed by atoms with Crippen molar-refractivity contribution in [1.29, 1.82) is 0 Å². The Bertz CT molecular complexity index is 789. The molecule has 4 nitrogen and oxygen atoms in total. The second-order valence-corrected chi connectivity index (χ2v) is 5.79. The molecule has 0 N–H and O–H groups in total. The van der Waals surface area contributed by atoms with Gasteiger partial charge in [0, 0.05) is 30.5 Å². The number of Topliss-reactive ketones (excluding diaryl/α,β-unsaturated/α-hetero) is 1. The molecule has 0 aromatic carbocycles. The first-order chi connectivity index (χ1) is 10.8. The monoisotopic (exact) mass is 309 g/mol. The van der Waals surface area contributed by atoms with E-state index in [9.17, 15) is 4.79 Å². The van der Waals surface area contributed by atoms with Crippen LogP contribution in [0, 0.1) is 0 Å². The molecular weight excluding hydrogens is 294 g/mol. The Kier molecular flexibility index (Phi) is 4.25. The third-order valence-electron chi connectivity index (χ3n) is 3.31. The van der Waals surface area contributed by atoms with Crippen LogP contribution in [0.5, 0.6) is 0 Å². The largest absolute Gasteiger partial charge is 0.341 e. The van der Waals surface area contributed by atoms with Gasteiger partial charge in [-0.05, 0) is 35.9 Å². The highest BCUT2D eigenvalue weighted by atomic mass is 32.1. The summed E-state index contributed by atoms with van der Waals surface area (Å²) in [6.45, 7) is 4.34. The van der Waals surface area contributed by atoms with Gasteiger partial charge < -0.3 is 4.57 Å². The van der Waals surface area contributed by atoms with E-state index < -0.39 is 0 Å². The standard InChI is InChI=1S/C17H15N3OS/c1-2-14-12-22-17(19-14)10-16(21)15-4-3-9-20(15)11-13-5-7-18-8-6-13/h2-9,12H,1,10-11H2. The first-order valence-electron chi connectivity index (χ1n) is 6.90. The minimum atomic E-state index is 0.0732. The molecule has 0 unspecified atom stereocenters. The number of carbonyl (C=O) groups is 1. The van der Waals surface area contributed by atoms with Gasteiger partial charge in [-0.25, -0.2) is 4.98 Å². The van der Waals surface area contributed by atoms with Crippen LogP contribution in [0.1, 0.15) is 26.8 Å². The van der Waals surface area contributed by atoms with Gasteiger partial charge in [-0.1, -0.05) is 6.58 Å². The van der Waals surface area contributed by atoms with Gasteiger partial charge in [-0.15, -0.1) is 11.3 Å². The molecule has 0 fully saturated rings. The topological polar surface area (TPSA) is 47.8 Å². The van der Waals surface area contributed by atoms with Crippen molar-refractivity contribution < 1.29 is 4.79 Å². The first-order valence-corrected chi connectivity index (χ1v) is 7.78. The van der Waals surface area contributed by atoms with Crippen LogP contribution >= 0.6 is 11.3 Å². The summed E-state index contributed by atoms with van der Waals surface area (Å²) in [5.41, 5.74) is 2.63. The van der Waals surface area contributed by atoms with Crippen LogP contribution in [0.4, 0.5) is 0 Å². The highest BCUT2D eigenvalue weighted by Crippen LogP contribution is 2.15. The van der Waals surface area contributed by atoms with Crippen LogP contribution in [0.3, 0.4) is 0 Å². The molecule has 3 aromatic rings. The quantitative estimate of drug-likeness (QED) is 0.655. The normalized spacial score (nSPS) is 10.5. The summed E-state index contributed by atoms with van der Waals surface area (Å²) in [4.78, 5) is 20.9. The third-order valence-corrected chi connectivity index (χ3v) is 4.17. The van der Waals surface area contributed by atoms with E-state index in [0.29, 0.717) is 18.7 Å². The lowest BCUT2D eigenvalue weighted by molar-refractivity contribution is 0.0984. The minimum Gasteiger partial charge on any atom is -0.341 e. The van der Waals surface area contributed by atoms with Crippen LogP contribution < -0.4 is 0 Å². The number of carbonyl (C=O) groups excluding carboxylic acids is 1. The molecule has 0 amide bonds. The summed E-state index contributed by atoms with van der Waals surface area (Å²) in [7, 11) is 0. The molecule has 5 heteroatoms. The number of pyridine rings is 1. The average molecular weight is 309 g/mol. The summed E-state index contributed by atoms with van der Waals surface area (Å²) in [5.74, 6) is 0.0732. The van der Waals surface area contributed by atoms with E-state index in [-0.39, 0.29) is 5.78 Å². The Morgan fingerprint density at radius 3 is 2.86 bits per heavy atom. The molecule has 0 saturated carbocycles. The summed E-state index contributed by atoms with van der Waals surface area (Å²) < 4.78 is 1.96. The molecule has 3 rings (SSSR count). The van der Waals surface area contributed by atoms with E-state index in [0.717, 1.165) is 16.3 Å². The zero-order valence-corrected chi connectivity index (χ0v) is 12.8. The van der Waals surface area contributed by atoms with E-state index in [1.165, 1.54) is 11.3 Å². The van der Waals surface area contributed by atoms with Crippen molar-refractivity contribution in [3.63, 3.8) is 0 Å². The molecule has 0 aliphatic heterocycles. The first kappa shape index (κ1) is 14.4. The van der Waals surface area contributed by atoms with Crippen LogP contribution in [0.2, 0.25) is 0 Å². The number of nitrogens with zero attached hydrogens (tertiary/aromatic N) is 3. The van der Waals surface area contributed by atoms with E-state index in [1.54, 1.807) is 18.5 Å². The summed E-state index contributed by atoms with van der Waals surface area (Å²) in [5, 5.41) is 2.72. The predicted octanol–water partition coefficient (Wildman–Crippen LogP) is 3.46. The number of rotatable bonds is 6. The summed E-state index contributed by atoms with van der Waals surface area (Å²) >= 11 is 1.49. The van der Waals surface area contributed by atoms with Crippen LogP contribution in [0.25, 0.3) is 6.08 Å². The zero-order chi connectivity index (χ0) is 15.4. The number of thiazole rings is 1. The van der Waals surface area contributed by atoms with E-state index in [2.05, 4.69) is 16.5 Å². The van der Waals surface area contributed by atoms with Gasteiger partial charge in [0.25, 0.3) is 0 Å². The SMILES string of the molecule is C=Cc1csc(CC(=O)c2cccn2Cc2ccncc2)n1. The molecule has 3 heterocycles.